The van der Waals surface area contributed by atoms with Crippen molar-refractivity contribution in [2.24, 2.45) is 5.41 Å². The number of nitrogens with one attached hydrogen (secondary N) is 1. The van der Waals surface area contributed by atoms with Crippen molar-refractivity contribution in [1.29, 1.82) is 0 Å². The van der Waals surface area contributed by atoms with Gasteiger partial charge in [-0.25, -0.2) is 0 Å². The molecule has 0 fully saturated rings. The van der Waals surface area contributed by atoms with Gasteiger partial charge in [0.25, 0.3) is 0 Å². The second-order valence-electron chi connectivity index (χ2n) is 6.73. The molecule has 2 unspecified atom stereocenters. The van der Waals surface area contributed by atoms with Crippen LogP contribution in [0.3, 0.4) is 0 Å². The molecular formula is C17H29NO2. The topological polar surface area (TPSA) is 41.5 Å². The number of aliphatic hydroxyl groups is 1. The highest BCUT2D eigenvalue weighted by molar-refractivity contribution is 5.35. The standard InChI is InChI=1S/C17H29NO2/c1-12-7-8-13(2)16(9-12)20-11-15(19)10-18-14(3)17(4,5)6/h7-9,14-15,18-19H,10-11H2,1-6H3. The summed E-state index contributed by atoms with van der Waals surface area (Å²) in [5.41, 5.74) is 2.45. The number of rotatable bonds is 6. The van der Waals surface area contributed by atoms with Gasteiger partial charge in [0, 0.05) is 12.6 Å². The Morgan fingerprint density at radius 2 is 1.90 bits per heavy atom. The van der Waals surface area contributed by atoms with E-state index in [1.165, 1.54) is 5.56 Å². The molecule has 0 saturated heterocycles. The minimum atomic E-state index is -0.500. The summed E-state index contributed by atoms with van der Waals surface area (Å²) in [5.74, 6) is 0.855. The molecule has 3 nitrogen and oxygen atoms in total. The number of hydrogen-bond donors (Lipinski definition) is 2. The molecule has 3 heteroatoms. The van der Waals surface area contributed by atoms with Gasteiger partial charge in [0.15, 0.2) is 0 Å². The van der Waals surface area contributed by atoms with Crippen LogP contribution in [0.25, 0.3) is 0 Å². The molecule has 0 aliphatic heterocycles. The summed E-state index contributed by atoms with van der Waals surface area (Å²) < 4.78 is 5.71. The van der Waals surface area contributed by atoms with E-state index in [4.69, 9.17) is 4.74 Å². The highest BCUT2D eigenvalue weighted by Gasteiger charge is 2.20. The van der Waals surface area contributed by atoms with Crippen LogP contribution in [0.1, 0.15) is 38.8 Å². The summed E-state index contributed by atoms with van der Waals surface area (Å²) in [6.45, 7) is 13.6. The molecule has 0 amide bonds. The van der Waals surface area contributed by atoms with Gasteiger partial charge in [-0.1, -0.05) is 32.9 Å². The summed E-state index contributed by atoms with van der Waals surface area (Å²) >= 11 is 0. The quantitative estimate of drug-likeness (QED) is 0.841. The van der Waals surface area contributed by atoms with Crippen LogP contribution >= 0.6 is 0 Å². The van der Waals surface area contributed by atoms with Crippen molar-refractivity contribution in [3.05, 3.63) is 29.3 Å². The van der Waals surface area contributed by atoms with Crippen LogP contribution in [-0.4, -0.2) is 30.4 Å². The van der Waals surface area contributed by atoms with Crippen LogP contribution in [0, 0.1) is 19.3 Å². The average Bonchev–Trinajstić information content (AvgIpc) is 2.35. The number of benzene rings is 1. The highest BCUT2D eigenvalue weighted by atomic mass is 16.5. The molecule has 0 heterocycles. The van der Waals surface area contributed by atoms with Crippen molar-refractivity contribution in [2.45, 2.75) is 53.7 Å². The molecule has 1 rings (SSSR count). The second kappa shape index (κ2) is 7.09. The highest BCUT2D eigenvalue weighted by Crippen LogP contribution is 2.20. The first-order valence-corrected chi connectivity index (χ1v) is 7.31. The smallest absolute Gasteiger partial charge is 0.122 e. The fourth-order valence-corrected chi connectivity index (χ4v) is 1.73. The first-order valence-electron chi connectivity index (χ1n) is 7.31. The third-order valence-corrected chi connectivity index (χ3v) is 3.73. The lowest BCUT2D eigenvalue weighted by Gasteiger charge is -2.29. The molecule has 0 saturated carbocycles. The van der Waals surface area contributed by atoms with E-state index in [1.54, 1.807) is 0 Å². The van der Waals surface area contributed by atoms with E-state index < -0.39 is 6.10 Å². The van der Waals surface area contributed by atoms with E-state index in [1.807, 2.05) is 26.0 Å². The summed E-state index contributed by atoms with van der Waals surface area (Å²) in [6, 6.07) is 6.45. The minimum absolute atomic E-state index is 0.188. The van der Waals surface area contributed by atoms with E-state index >= 15 is 0 Å². The van der Waals surface area contributed by atoms with Crippen LogP contribution in [0.15, 0.2) is 18.2 Å². The maximum absolute atomic E-state index is 10.00. The zero-order valence-electron chi connectivity index (χ0n) is 13.7. The summed E-state index contributed by atoms with van der Waals surface area (Å²) in [6.07, 6.45) is -0.500. The fraction of sp³-hybridized carbons (Fsp3) is 0.647. The van der Waals surface area contributed by atoms with E-state index in [0.29, 0.717) is 19.2 Å². The Morgan fingerprint density at radius 1 is 1.25 bits per heavy atom. The predicted molar refractivity (Wildman–Crippen MR) is 84.3 cm³/mol. The third-order valence-electron chi connectivity index (χ3n) is 3.73. The number of aliphatic hydroxyl groups excluding tert-OH is 1. The number of ether oxygens (including phenoxy) is 1. The van der Waals surface area contributed by atoms with Crippen LogP contribution in [-0.2, 0) is 0 Å². The van der Waals surface area contributed by atoms with E-state index in [2.05, 4.69) is 39.1 Å². The van der Waals surface area contributed by atoms with Crippen molar-refractivity contribution in [3.63, 3.8) is 0 Å². The first kappa shape index (κ1) is 17.0. The van der Waals surface area contributed by atoms with Gasteiger partial charge in [0.05, 0.1) is 0 Å². The molecule has 20 heavy (non-hydrogen) atoms. The zero-order valence-corrected chi connectivity index (χ0v) is 13.7. The van der Waals surface area contributed by atoms with Gasteiger partial charge in [-0.05, 0) is 43.4 Å². The van der Waals surface area contributed by atoms with Gasteiger partial charge in [-0.2, -0.15) is 0 Å². The molecule has 0 bridgehead atoms. The number of hydrogen-bond acceptors (Lipinski definition) is 3. The molecule has 1 aromatic rings. The molecule has 114 valence electrons. The van der Waals surface area contributed by atoms with E-state index in [9.17, 15) is 5.11 Å². The lowest BCUT2D eigenvalue weighted by atomic mass is 9.88. The summed E-state index contributed by atoms with van der Waals surface area (Å²) in [7, 11) is 0. The Kier molecular flexibility index (Phi) is 6.03. The Morgan fingerprint density at radius 3 is 2.50 bits per heavy atom. The van der Waals surface area contributed by atoms with Crippen LogP contribution in [0.4, 0.5) is 0 Å². The van der Waals surface area contributed by atoms with Gasteiger partial charge in [0.2, 0.25) is 0 Å². The molecule has 2 N–H and O–H groups in total. The Balaban J connectivity index is 2.40. The predicted octanol–water partition coefficient (Wildman–Crippen LogP) is 3.07. The van der Waals surface area contributed by atoms with Crippen molar-refractivity contribution in [1.82, 2.24) is 5.32 Å². The molecule has 1 aromatic carbocycles. The van der Waals surface area contributed by atoms with Crippen molar-refractivity contribution < 1.29 is 9.84 Å². The Labute approximate surface area is 123 Å². The summed E-state index contributed by atoms with van der Waals surface area (Å²) in [5, 5.41) is 13.4. The molecule has 0 spiro atoms. The third kappa shape index (κ3) is 5.51. The van der Waals surface area contributed by atoms with Crippen LogP contribution in [0.2, 0.25) is 0 Å². The van der Waals surface area contributed by atoms with Crippen LogP contribution < -0.4 is 10.1 Å². The largest absolute Gasteiger partial charge is 0.491 e. The Bertz CT molecular complexity index is 423. The van der Waals surface area contributed by atoms with Gasteiger partial charge >= 0.3 is 0 Å². The average molecular weight is 279 g/mol. The molecule has 0 radical (unpaired) electrons. The summed E-state index contributed by atoms with van der Waals surface area (Å²) in [4.78, 5) is 0. The van der Waals surface area contributed by atoms with Crippen molar-refractivity contribution >= 4 is 0 Å². The normalized spacial score (nSPS) is 14.9. The van der Waals surface area contributed by atoms with Crippen LogP contribution in [0.5, 0.6) is 5.75 Å². The lowest BCUT2D eigenvalue weighted by molar-refractivity contribution is 0.0982. The van der Waals surface area contributed by atoms with Gasteiger partial charge in [0.1, 0.15) is 18.5 Å². The molecular weight excluding hydrogens is 250 g/mol. The maximum atomic E-state index is 10.00. The zero-order chi connectivity index (χ0) is 15.3. The SMILES string of the molecule is Cc1ccc(C)c(OCC(O)CNC(C)C(C)(C)C)c1. The maximum Gasteiger partial charge on any atom is 0.122 e. The Hall–Kier alpha value is -1.06. The minimum Gasteiger partial charge on any atom is -0.491 e. The van der Waals surface area contributed by atoms with E-state index in [-0.39, 0.29) is 5.41 Å². The molecule has 0 aliphatic rings. The fourth-order valence-electron chi connectivity index (χ4n) is 1.73. The lowest BCUT2D eigenvalue weighted by Crippen LogP contribution is -2.42. The van der Waals surface area contributed by atoms with Gasteiger partial charge < -0.3 is 15.2 Å². The molecule has 2 atom stereocenters. The molecule has 0 aromatic heterocycles. The van der Waals surface area contributed by atoms with Crippen molar-refractivity contribution in [2.75, 3.05) is 13.2 Å². The van der Waals surface area contributed by atoms with Gasteiger partial charge in [-0.3, -0.25) is 0 Å². The van der Waals surface area contributed by atoms with E-state index in [0.717, 1.165) is 11.3 Å². The first-order chi connectivity index (χ1) is 9.20. The number of aryl methyl sites for hydroxylation is 2. The second-order valence-corrected chi connectivity index (χ2v) is 6.73. The van der Waals surface area contributed by atoms with Gasteiger partial charge in [-0.15, -0.1) is 0 Å². The molecule has 0 aliphatic carbocycles. The van der Waals surface area contributed by atoms with Crippen molar-refractivity contribution in [3.8, 4) is 5.75 Å². The monoisotopic (exact) mass is 279 g/mol.